The number of hydrogen-bond acceptors (Lipinski definition) is 3. The van der Waals surface area contributed by atoms with Crippen molar-refractivity contribution in [2.24, 2.45) is 0 Å². The van der Waals surface area contributed by atoms with Crippen molar-refractivity contribution in [2.75, 3.05) is 10.6 Å². The third kappa shape index (κ3) is 3.35. The van der Waals surface area contributed by atoms with Crippen LogP contribution in [0.1, 0.15) is 17.3 Å². The number of fused-ring (bicyclic) bond motifs is 1. The average Bonchev–Trinajstić information content (AvgIpc) is 2.55. The Morgan fingerprint density at radius 2 is 1.65 bits per heavy atom. The molecule has 0 atom stereocenters. The first-order valence-electron chi connectivity index (χ1n) is 7.16. The molecule has 0 bridgehead atoms. The summed E-state index contributed by atoms with van der Waals surface area (Å²) in [5, 5.41) is 6.50. The zero-order valence-corrected chi connectivity index (χ0v) is 12.5. The van der Waals surface area contributed by atoms with Crippen LogP contribution in [0.15, 0.2) is 60.8 Å². The molecule has 0 aliphatic carbocycles. The van der Waals surface area contributed by atoms with E-state index in [1.807, 2.05) is 30.3 Å². The Kier molecular flexibility index (Phi) is 4.01. The summed E-state index contributed by atoms with van der Waals surface area (Å²) in [6.45, 7) is 1.44. The molecule has 0 aliphatic rings. The van der Waals surface area contributed by atoms with Crippen LogP contribution < -0.4 is 10.6 Å². The number of para-hydroxylation sites is 1. The molecule has 2 aromatic carbocycles. The van der Waals surface area contributed by atoms with Crippen LogP contribution in [0, 0.1) is 0 Å². The third-order valence-corrected chi connectivity index (χ3v) is 3.35. The summed E-state index contributed by atoms with van der Waals surface area (Å²) < 4.78 is 0. The van der Waals surface area contributed by atoms with Gasteiger partial charge in [0.05, 0.1) is 11.2 Å². The minimum absolute atomic E-state index is 0.149. The number of benzene rings is 2. The van der Waals surface area contributed by atoms with Crippen LogP contribution in [-0.4, -0.2) is 16.8 Å². The Balaban J connectivity index is 1.82. The number of carbonyl (C=O) groups excluding carboxylic acids is 2. The molecular formula is C18H15N3O2. The summed E-state index contributed by atoms with van der Waals surface area (Å²) in [4.78, 5) is 27.7. The van der Waals surface area contributed by atoms with Gasteiger partial charge < -0.3 is 10.6 Å². The highest BCUT2D eigenvalue weighted by molar-refractivity contribution is 6.08. The SMILES string of the molecule is CC(=O)Nc1ccc(C(=O)Nc2cccc3cccnc23)cc1. The van der Waals surface area contributed by atoms with Gasteiger partial charge in [0, 0.05) is 29.8 Å². The first-order chi connectivity index (χ1) is 11.1. The number of nitrogens with zero attached hydrogens (tertiary/aromatic N) is 1. The summed E-state index contributed by atoms with van der Waals surface area (Å²) in [6.07, 6.45) is 1.69. The highest BCUT2D eigenvalue weighted by Crippen LogP contribution is 2.21. The van der Waals surface area contributed by atoms with Gasteiger partial charge in [0.1, 0.15) is 0 Å². The zero-order valence-electron chi connectivity index (χ0n) is 12.5. The zero-order chi connectivity index (χ0) is 16.2. The first kappa shape index (κ1) is 14.7. The minimum atomic E-state index is -0.225. The molecule has 0 saturated carbocycles. The number of carbonyl (C=O) groups is 2. The van der Waals surface area contributed by atoms with Gasteiger partial charge in [-0.15, -0.1) is 0 Å². The summed E-state index contributed by atoms with van der Waals surface area (Å²) in [5.74, 6) is -0.374. The largest absolute Gasteiger partial charge is 0.326 e. The van der Waals surface area contributed by atoms with Crippen molar-refractivity contribution in [3.05, 3.63) is 66.4 Å². The van der Waals surface area contributed by atoms with E-state index in [0.717, 1.165) is 10.9 Å². The predicted octanol–water partition coefficient (Wildman–Crippen LogP) is 3.45. The van der Waals surface area contributed by atoms with Crippen LogP contribution in [-0.2, 0) is 4.79 Å². The fourth-order valence-corrected chi connectivity index (χ4v) is 2.31. The summed E-state index contributed by atoms with van der Waals surface area (Å²) in [7, 11) is 0. The predicted molar refractivity (Wildman–Crippen MR) is 90.4 cm³/mol. The van der Waals surface area contributed by atoms with Crippen molar-refractivity contribution in [1.29, 1.82) is 0 Å². The highest BCUT2D eigenvalue weighted by atomic mass is 16.2. The van der Waals surface area contributed by atoms with Gasteiger partial charge in [0.25, 0.3) is 5.91 Å². The second kappa shape index (κ2) is 6.27. The fraction of sp³-hybridized carbons (Fsp3) is 0.0556. The van der Waals surface area contributed by atoms with Crippen molar-refractivity contribution < 1.29 is 9.59 Å². The van der Waals surface area contributed by atoms with Crippen molar-refractivity contribution in [2.45, 2.75) is 6.92 Å². The Labute approximate surface area is 133 Å². The number of pyridine rings is 1. The molecule has 0 spiro atoms. The van der Waals surface area contributed by atoms with Crippen molar-refractivity contribution >= 4 is 34.1 Å². The highest BCUT2D eigenvalue weighted by Gasteiger charge is 2.09. The summed E-state index contributed by atoms with van der Waals surface area (Å²) in [5.41, 5.74) is 2.57. The molecule has 23 heavy (non-hydrogen) atoms. The van der Waals surface area contributed by atoms with Gasteiger partial charge in [-0.2, -0.15) is 0 Å². The van der Waals surface area contributed by atoms with E-state index in [0.29, 0.717) is 16.9 Å². The van der Waals surface area contributed by atoms with Gasteiger partial charge in [0.15, 0.2) is 0 Å². The Hall–Kier alpha value is -3.21. The quantitative estimate of drug-likeness (QED) is 0.778. The van der Waals surface area contributed by atoms with Gasteiger partial charge in [-0.25, -0.2) is 0 Å². The Morgan fingerprint density at radius 3 is 2.39 bits per heavy atom. The van der Waals surface area contributed by atoms with Gasteiger partial charge in [0.2, 0.25) is 5.91 Å². The fourth-order valence-electron chi connectivity index (χ4n) is 2.31. The summed E-state index contributed by atoms with van der Waals surface area (Å²) in [6, 6.07) is 16.2. The summed E-state index contributed by atoms with van der Waals surface area (Å²) >= 11 is 0. The van der Waals surface area contributed by atoms with Crippen LogP contribution in [0.4, 0.5) is 11.4 Å². The second-order valence-electron chi connectivity index (χ2n) is 5.09. The molecule has 114 valence electrons. The van der Waals surface area contributed by atoms with Crippen LogP contribution in [0.25, 0.3) is 10.9 Å². The number of nitrogens with one attached hydrogen (secondary N) is 2. The van der Waals surface area contributed by atoms with E-state index in [9.17, 15) is 9.59 Å². The number of rotatable bonds is 3. The second-order valence-corrected chi connectivity index (χ2v) is 5.09. The lowest BCUT2D eigenvalue weighted by Crippen LogP contribution is -2.12. The number of hydrogen-bond donors (Lipinski definition) is 2. The molecule has 2 amide bonds. The molecule has 0 saturated heterocycles. The molecule has 2 N–H and O–H groups in total. The lowest BCUT2D eigenvalue weighted by Gasteiger charge is -2.08. The standard InChI is InChI=1S/C18H15N3O2/c1-12(22)20-15-9-7-14(8-10-15)18(23)21-16-6-2-4-13-5-3-11-19-17(13)16/h2-11H,1H3,(H,20,22)(H,21,23). The normalized spacial score (nSPS) is 10.3. The van der Waals surface area contributed by atoms with Crippen LogP contribution in [0.5, 0.6) is 0 Å². The molecule has 0 aliphatic heterocycles. The third-order valence-electron chi connectivity index (χ3n) is 3.35. The van der Waals surface area contributed by atoms with E-state index in [-0.39, 0.29) is 11.8 Å². The van der Waals surface area contributed by atoms with Gasteiger partial charge in [-0.3, -0.25) is 14.6 Å². The van der Waals surface area contributed by atoms with E-state index in [2.05, 4.69) is 15.6 Å². The van der Waals surface area contributed by atoms with E-state index < -0.39 is 0 Å². The molecule has 0 fully saturated rings. The first-order valence-corrected chi connectivity index (χ1v) is 7.16. The number of anilines is 2. The van der Waals surface area contributed by atoms with Crippen molar-refractivity contribution in [3.63, 3.8) is 0 Å². The monoisotopic (exact) mass is 305 g/mol. The van der Waals surface area contributed by atoms with Crippen molar-refractivity contribution in [1.82, 2.24) is 4.98 Å². The maximum Gasteiger partial charge on any atom is 0.255 e. The topological polar surface area (TPSA) is 71.1 Å². The molecule has 5 nitrogen and oxygen atoms in total. The Morgan fingerprint density at radius 1 is 0.913 bits per heavy atom. The smallest absolute Gasteiger partial charge is 0.255 e. The maximum atomic E-state index is 12.4. The van der Waals surface area contributed by atoms with Gasteiger partial charge in [-0.05, 0) is 36.4 Å². The number of aromatic nitrogens is 1. The van der Waals surface area contributed by atoms with Crippen LogP contribution in [0.2, 0.25) is 0 Å². The van der Waals surface area contributed by atoms with Crippen LogP contribution in [0.3, 0.4) is 0 Å². The number of amides is 2. The molecule has 3 aromatic rings. The minimum Gasteiger partial charge on any atom is -0.326 e. The van der Waals surface area contributed by atoms with Gasteiger partial charge >= 0.3 is 0 Å². The van der Waals surface area contributed by atoms with Crippen LogP contribution >= 0.6 is 0 Å². The maximum absolute atomic E-state index is 12.4. The molecule has 0 radical (unpaired) electrons. The molecule has 3 rings (SSSR count). The lowest BCUT2D eigenvalue weighted by atomic mass is 10.1. The van der Waals surface area contributed by atoms with Gasteiger partial charge in [-0.1, -0.05) is 18.2 Å². The molecule has 5 heteroatoms. The Bertz CT molecular complexity index is 868. The molecule has 1 aromatic heterocycles. The van der Waals surface area contributed by atoms with Crippen molar-refractivity contribution in [3.8, 4) is 0 Å². The average molecular weight is 305 g/mol. The van der Waals surface area contributed by atoms with E-state index in [1.54, 1.807) is 30.5 Å². The molecule has 0 unspecified atom stereocenters. The lowest BCUT2D eigenvalue weighted by molar-refractivity contribution is -0.114. The van der Waals surface area contributed by atoms with E-state index in [4.69, 9.17) is 0 Å². The molecule has 1 heterocycles. The van der Waals surface area contributed by atoms with E-state index in [1.165, 1.54) is 6.92 Å². The molecular weight excluding hydrogens is 290 g/mol. The van der Waals surface area contributed by atoms with E-state index >= 15 is 0 Å².